The Morgan fingerprint density at radius 1 is 0.253 bits per heavy atom. The van der Waals surface area contributed by atoms with E-state index < -0.39 is 6.10 Å². The Morgan fingerprint density at radius 3 is 0.783 bits per heavy atom. The third-order valence-corrected chi connectivity index (χ3v) is 13.7. The van der Waals surface area contributed by atoms with E-state index in [1.165, 1.54) is 83.5 Å². The molecule has 0 N–H and O–H groups in total. The van der Waals surface area contributed by atoms with Crippen LogP contribution in [0.4, 0.5) is 0 Å². The van der Waals surface area contributed by atoms with Crippen LogP contribution in [-0.4, -0.2) is 37.2 Å². The predicted molar refractivity (Wildman–Crippen MR) is 361 cm³/mol. The molecule has 0 radical (unpaired) electrons. The molecule has 0 fully saturated rings. The second-order valence-corrected chi connectivity index (χ2v) is 21.6. The van der Waals surface area contributed by atoms with Crippen LogP contribution in [0.25, 0.3) is 0 Å². The number of hydrogen-bond donors (Lipinski definition) is 0. The highest BCUT2D eigenvalue weighted by atomic mass is 16.6. The van der Waals surface area contributed by atoms with Gasteiger partial charge in [0.15, 0.2) is 6.10 Å². The zero-order chi connectivity index (χ0) is 59.9. The largest absolute Gasteiger partial charge is 0.462 e. The van der Waals surface area contributed by atoms with Crippen molar-refractivity contribution in [2.75, 3.05) is 13.2 Å². The van der Waals surface area contributed by atoms with Crippen LogP contribution in [-0.2, 0) is 28.6 Å². The molecule has 0 spiro atoms. The lowest BCUT2D eigenvalue weighted by molar-refractivity contribution is -0.167. The van der Waals surface area contributed by atoms with Crippen LogP contribution in [0.3, 0.4) is 0 Å². The molecule has 6 nitrogen and oxygen atoms in total. The summed E-state index contributed by atoms with van der Waals surface area (Å²) in [6.07, 6.45) is 102. The summed E-state index contributed by atoms with van der Waals surface area (Å²) in [6, 6.07) is 0. The van der Waals surface area contributed by atoms with E-state index in [1.54, 1.807) is 0 Å². The minimum absolute atomic E-state index is 0.106. The Balaban J connectivity index is 4.48. The molecule has 1 unspecified atom stereocenters. The van der Waals surface area contributed by atoms with Crippen molar-refractivity contribution in [1.29, 1.82) is 0 Å². The molecule has 1 atom stereocenters. The first-order chi connectivity index (χ1) is 41.0. The average molecular weight is 1140 g/mol. The number of allylic oxidation sites excluding steroid dienone is 28. The van der Waals surface area contributed by atoms with Crippen LogP contribution in [0.5, 0.6) is 0 Å². The first-order valence-corrected chi connectivity index (χ1v) is 33.6. The second kappa shape index (κ2) is 69.3. The van der Waals surface area contributed by atoms with E-state index in [1.807, 2.05) is 0 Å². The fourth-order valence-electron chi connectivity index (χ4n) is 8.77. The fourth-order valence-corrected chi connectivity index (χ4v) is 8.77. The van der Waals surface area contributed by atoms with Crippen molar-refractivity contribution in [2.45, 2.75) is 284 Å². The number of carbonyl (C=O) groups excluding carboxylic acids is 3. The van der Waals surface area contributed by atoms with Crippen molar-refractivity contribution in [3.05, 3.63) is 170 Å². The van der Waals surface area contributed by atoms with Crippen molar-refractivity contribution in [1.82, 2.24) is 0 Å². The van der Waals surface area contributed by atoms with Gasteiger partial charge in [0.25, 0.3) is 0 Å². The van der Waals surface area contributed by atoms with Crippen LogP contribution in [0.2, 0.25) is 0 Å². The fraction of sp³-hybridized carbons (Fsp3) is 0.597. The maximum atomic E-state index is 12.9. The van der Waals surface area contributed by atoms with Crippen molar-refractivity contribution in [3.8, 4) is 0 Å². The van der Waals surface area contributed by atoms with E-state index in [2.05, 4.69) is 191 Å². The lowest BCUT2D eigenvalue weighted by Crippen LogP contribution is -2.30. The van der Waals surface area contributed by atoms with Crippen LogP contribution >= 0.6 is 0 Å². The topological polar surface area (TPSA) is 78.9 Å². The van der Waals surface area contributed by atoms with Crippen LogP contribution in [0.15, 0.2) is 170 Å². The summed E-state index contributed by atoms with van der Waals surface area (Å²) in [5.74, 6) is -0.980. The number of unbranched alkanes of at least 4 members (excludes halogenated alkanes) is 20. The molecule has 0 bridgehead atoms. The Kier molecular flexibility index (Phi) is 64.9. The van der Waals surface area contributed by atoms with Crippen LogP contribution in [0.1, 0.15) is 278 Å². The minimum Gasteiger partial charge on any atom is -0.462 e. The van der Waals surface area contributed by atoms with Gasteiger partial charge in [-0.15, -0.1) is 0 Å². The smallest absolute Gasteiger partial charge is 0.306 e. The summed E-state index contributed by atoms with van der Waals surface area (Å²) >= 11 is 0. The van der Waals surface area contributed by atoms with E-state index in [9.17, 15) is 14.4 Å². The van der Waals surface area contributed by atoms with Gasteiger partial charge in [0.1, 0.15) is 13.2 Å². The first kappa shape index (κ1) is 77.8. The van der Waals surface area contributed by atoms with Gasteiger partial charge in [-0.3, -0.25) is 14.4 Å². The third-order valence-electron chi connectivity index (χ3n) is 13.7. The molecule has 0 heterocycles. The summed E-state index contributed by atoms with van der Waals surface area (Å²) in [5.41, 5.74) is 0. The number of carbonyl (C=O) groups is 3. The van der Waals surface area contributed by atoms with Gasteiger partial charge in [-0.05, 0) is 128 Å². The molecule has 6 heteroatoms. The highest BCUT2D eigenvalue weighted by Gasteiger charge is 2.19. The summed E-state index contributed by atoms with van der Waals surface area (Å²) in [7, 11) is 0. The van der Waals surface area contributed by atoms with Gasteiger partial charge < -0.3 is 14.2 Å². The maximum Gasteiger partial charge on any atom is 0.306 e. The van der Waals surface area contributed by atoms with Gasteiger partial charge in [0.2, 0.25) is 0 Å². The molecule has 0 aliphatic rings. The molecule has 0 aliphatic heterocycles. The van der Waals surface area contributed by atoms with E-state index in [-0.39, 0.29) is 37.5 Å². The molecule has 0 saturated heterocycles. The van der Waals surface area contributed by atoms with Gasteiger partial charge in [-0.1, -0.05) is 300 Å². The maximum absolute atomic E-state index is 12.9. The molecule has 0 aromatic rings. The Bertz CT molecular complexity index is 1890. The molecule has 0 aromatic heterocycles. The van der Waals surface area contributed by atoms with Crippen LogP contribution in [0, 0.1) is 0 Å². The predicted octanol–water partition coefficient (Wildman–Crippen LogP) is 23.4. The normalized spacial score (nSPS) is 13.2. The number of ether oxygens (including phenoxy) is 3. The van der Waals surface area contributed by atoms with Crippen molar-refractivity contribution in [3.63, 3.8) is 0 Å². The highest BCUT2D eigenvalue weighted by Crippen LogP contribution is 2.15. The van der Waals surface area contributed by atoms with E-state index in [0.717, 1.165) is 148 Å². The molecular formula is C77H122O6. The Hall–Kier alpha value is -5.23. The number of hydrogen-bond acceptors (Lipinski definition) is 6. The first-order valence-electron chi connectivity index (χ1n) is 33.6. The van der Waals surface area contributed by atoms with Crippen LogP contribution < -0.4 is 0 Å². The zero-order valence-electron chi connectivity index (χ0n) is 53.4. The SMILES string of the molecule is CC/C=C\C/C=C\C/C=C\C/C=C\C/C=C\C/C=C\C/C=C\C/C=C\C/C=C\CCCC(=O)OCC(COC(=O)CCCCCCCCCCCCCCC)OC(=O)CCCCCCCCC/C=C\C/C=C\C/C=C\C/C=C\C/C=C\CC. The molecule has 0 amide bonds. The molecule has 0 aliphatic carbocycles. The molecular weight excluding hydrogens is 1020 g/mol. The lowest BCUT2D eigenvalue weighted by atomic mass is 10.0. The molecule has 466 valence electrons. The van der Waals surface area contributed by atoms with Gasteiger partial charge in [0, 0.05) is 19.3 Å². The van der Waals surface area contributed by atoms with Gasteiger partial charge >= 0.3 is 17.9 Å². The summed E-state index contributed by atoms with van der Waals surface area (Å²) < 4.78 is 16.9. The van der Waals surface area contributed by atoms with E-state index in [4.69, 9.17) is 14.2 Å². The van der Waals surface area contributed by atoms with Gasteiger partial charge in [-0.2, -0.15) is 0 Å². The quantitative estimate of drug-likeness (QED) is 0.0261. The zero-order valence-corrected chi connectivity index (χ0v) is 53.4. The second-order valence-electron chi connectivity index (χ2n) is 21.6. The standard InChI is InChI=1S/C77H122O6/c1-4-7-10-13-16-19-22-25-27-29-31-33-35-36-37-38-39-40-42-43-45-47-49-52-55-58-61-64-67-70-76(79)82-73-74(72-81-75(78)69-66-63-60-57-54-51-24-21-18-15-12-9-6-3)83-77(80)71-68-65-62-59-56-53-50-48-46-44-41-34-32-30-28-26-23-20-17-14-11-8-5-2/h7-8,10-11,16-17,19-20,25-28,31-34,36-37,39-40,43-46,49,52,58,61,74H,4-6,9,12-15,18,21-24,29-30,35,38,41-42,47-48,50-51,53-57,59-60,62-73H2,1-3H3/b10-7-,11-8-,19-16-,20-17-,27-25-,28-26-,33-31-,34-32-,37-36-,40-39-,45-43-,46-44-,52-49-,61-58-. The number of esters is 3. The van der Waals surface area contributed by atoms with Gasteiger partial charge in [0.05, 0.1) is 0 Å². The monoisotopic (exact) mass is 1140 g/mol. The van der Waals surface area contributed by atoms with Crippen molar-refractivity contribution in [2.24, 2.45) is 0 Å². The van der Waals surface area contributed by atoms with E-state index in [0.29, 0.717) is 19.3 Å². The van der Waals surface area contributed by atoms with Crippen molar-refractivity contribution >= 4 is 17.9 Å². The Labute approximate surface area is 511 Å². The third kappa shape index (κ3) is 67.4. The molecule has 0 aromatic carbocycles. The van der Waals surface area contributed by atoms with E-state index >= 15 is 0 Å². The Morgan fingerprint density at radius 2 is 0.482 bits per heavy atom. The summed E-state index contributed by atoms with van der Waals surface area (Å²) in [4.78, 5) is 38.4. The molecule has 0 saturated carbocycles. The minimum atomic E-state index is -0.816. The molecule has 0 rings (SSSR count). The highest BCUT2D eigenvalue weighted by molar-refractivity contribution is 5.71. The summed E-state index contributed by atoms with van der Waals surface area (Å²) in [5, 5.41) is 0. The average Bonchev–Trinajstić information content (AvgIpc) is 3.49. The summed E-state index contributed by atoms with van der Waals surface area (Å²) in [6.45, 7) is 6.36. The lowest BCUT2D eigenvalue weighted by Gasteiger charge is -2.18. The molecule has 83 heavy (non-hydrogen) atoms. The van der Waals surface area contributed by atoms with Crippen molar-refractivity contribution < 1.29 is 28.6 Å². The van der Waals surface area contributed by atoms with Gasteiger partial charge in [-0.25, -0.2) is 0 Å². The number of rotatable bonds is 59.